The molecular formula is C15H25FIN3. The van der Waals surface area contributed by atoms with Gasteiger partial charge in [-0.25, -0.2) is 9.38 Å². The van der Waals surface area contributed by atoms with Crippen LogP contribution in [0.15, 0.2) is 29.3 Å². The molecule has 1 aromatic carbocycles. The maximum absolute atomic E-state index is 13.1. The van der Waals surface area contributed by atoms with Gasteiger partial charge in [0.25, 0.3) is 0 Å². The maximum atomic E-state index is 13.1. The van der Waals surface area contributed by atoms with Crippen LogP contribution in [-0.2, 0) is 6.54 Å². The van der Waals surface area contributed by atoms with E-state index in [1.54, 1.807) is 6.07 Å². The number of rotatable bonds is 6. The first kappa shape index (κ1) is 19.1. The molecule has 0 spiro atoms. The number of unbranched alkanes of at least 4 members (excludes halogenated alkanes) is 1. The molecule has 0 atom stereocenters. The predicted molar refractivity (Wildman–Crippen MR) is 94.2 cm³/mol. The number of hydrogen-bond acceptors (Lipinski definition) is 1. The SMILES string of the molecule is CCCCN(C)C(=NCc1cccc(F)c1)NCC.I. The van der Waals surface area contributed by atoms with Crippen molar-refractivity contribution in [2.75, 3.05) is 20.1 Å². The van der Waals surface area contributed by atoms with Crippen LogP contribution in [0.4, 0.5) is 4.39 Å². The number of halogens is 2. The molecule has 0 fully saturated rings. The van der Waals surface area contributed by atoms with Gasteiger partial charge in [-0.3, -0.25) is 0 Å². The average molecular weight is 393 g/mol. The highest BCUT2D eigenvalue weighted by molar-refractivity contribution is 14.0. The third-order valence-electron chi connectivity index (χ3n) is 2.84. The number of nitrogens with one attached hydrogen (secondary N) is 1. The summed E-state index contributed by atoms with van der Waals surface area (Å²) in [5.41, 5.74) is 0.888. The van der Waals surface area contributed by atoms with Gasteiger partial charge in [-0.1, -0.05) is 25.5 Å². The molecule has 0 radical (unpaired) electrons. The van der Waals surface area contributed by atoms with E-state index in [1.165, 1.54) is 12.1 Å². The molecule has 20 heavy (non-hydrogen) atoms. The van der Waals surface area contributed by atoms with Crippen molar-refractivity contribution in [3.63, 3.8) is 0 Å². The van der Waals surface area contributed by atoms with Crippen molar-refractivity contribution in [3.05, 3.63) is 35.6 Å². The van der Waals surface area contributed by atoms with Crippen molar-refractivity contribution in [3.8, 4) is 0 Å². The van der Waals surface area contributed by atoms with Crippen LogP contribution >= 0.6 is 24.0 Å². The van der Waals surface area contributed by atoms with Gasteiger partial charge in [0.15, 0.2) is 5.96 Å². The molecular weight excluding hydrogens is 368 g/mol. The first-order chi connectivity index (χ1) is 9.17. The van der Waals surface area contributed by atoms with Gasteiger partial charge in [0.2, 0.25) is 0 Å². The molecule has 5 heteroatoms. The van der Waals surface area contributed by atoms with E-state index in [0.29, 0.717) is 6.54 Å². The lowest BCUT2D eigenvalue weighted by Gasteiger charge is -2.21. The van der Waals surface area contributed by atoms with Crippen LogP contribution in [0, 0.1) is 5.82 Å². The van der Waals surface area contributed by atoms with E-state index in [2.05, 4.69) is 22.1 Å². The summed E-state index contributed by atoms with van der Waals surface area (Å²) in [6.45, 7) is 6.52. The summed E-state index contributed by atoms with van der Waals surface area (Å²) in [5, 5.41) is 3.26. The molecule has 1 aromatic rings. The van der Waals surface area contributed by atoms with E-state index in [9.17, 15) is 4.39 Å². The van der Waals surface area contributed by atoms with E-state index in [1.807, 2.05) is 20.0 Å². The Morgan fingerprint density at radius 3 is 2.70 bits per heavy atom. The second-order valence-electron chi connectivity index (χ2n) is 4.58. The van der Waals surface area contributed by atoms with E-state index in [0.717, 1.165) is 37.5 Å². The summed E-state index contributed by atoms with van der Waals surface area (Å²) in [6, 6.07) is 6.58. The molecule has 1 rings (SSSR count). The number of aliphatic imine (C=N–C) groups is 1. The molecule has 0 aliphatic heterocycles. The van der Waals surface area contributed by atoms with Crippen LogP contribution in [-0.4, -0.2) is 31.0 Å². The van der Waals surface area contributed by atoms with Gasteiger partial charge in [-0.15, -0.1) is 24.0 Å². The normalized spacial score (nSPS) is 10.9. The van der Waals surface area contributed by atoms with Crippen LogP contribution in [0.3, 0.4) is 0 Å². The molecule has 0 unspecified atom stereocenters. The lowest BCUT2D eigenvalue weighted by atomic mass is 10.2. The van der Waals surface area contributed by atoms with Gasteiger partial charge in [0, 0.05) is 20.1 Å². The highest BCUT2D eigenvalue weighted by Gasteiger charge is 2.04. The first-order valence-electron chi connectivity index (χ1n) is 6.91. The van der Waals surface area contributed by atoms with Gasteiger partial charge in [0.05, 0.1) is 6.54 Å². The summed E-state index contributed by atoms with van der Waals surface area (Å²) in [7, 11) is 2.03. The molecule has 0 aliphatic carbocycles. The molecule has 0 saturated heterocycles. The fraction of sp³-hybridized carbons (Fsp3) is 0.533. The fourth-order valence-electron chi connectivity index (χ4n) is 1.77. The van der Waals surface area contributed by atoms with Gasteiger partial charge in [-0.05, 0) is 31.0 Å². The smallest absolute Gasteiger partial charge is 0.193 e. The topological polar surface area (TPSA) is 27.6 Å². The lowest BCUT2D eigenvalue weighted by molar-refractivity contribution is 0.464. The largest absolute Gasteiger partial charge is 0.357 e. The third kappa shape index (κ3) is 7.07. The summed E-state index contributed by atoms with van der Waals surface area (Å²) in [4.78, 5) is 6.66. The van der Waals surface area contributed by atoms with Crippen molar-refractivity contribution >= 4 is 29.9 Å². The Labute approximate surface area is 138 Å². The van der Waals surface area contributed by atoms with E-state index >= 15 is 0 Å². The molecule has 114 valence electrons. The molecule has 0 bridgehead atoms. The Balaban J connectivity index is 0.00000361. The number of hydrogen-bond donors (Lipinski definition) is 1. The minimum Gasteiger partial charge on any atom is -0.357 e. The molecule has 0 aliphatic rings. The van der Waals surface area contributed by atoms with Crippen LogP contribution < -0.4 is 5.32 Å². The Hall–Kier alpha value is -0.850. The molecule has 0 heterocycles. The van der Waals surface area contributed by atoms with Gasteiger partial charge in [-0.2, -0.15) is 0 Å². The molecule has 1 N–H and O–H groups in total. The highest BCUT2D eigenvalue weighted by Crippen LogP contribution is 2.05. The molecule has 0 amide bonds. The standard InChI is InChI=1S/C15H24FN3.HI/c1-4-6-10-19(3)15(17-5-2)18-12-13-8-7-9-14(16)11-13;/h7-9,11H,4-6,10,12H2,1-3H3,(H,17,18);1H. The zero-order chi connectivity index (χ0) is 14.1. The Morgan fingerprint density at radius 1 is 1.35 bits per heavy atom. The van der Waals surface area contributed by atoms with E-state index in [-0.39, 0.29) is 29.8 Å². The van der Waals surface area contributed by atoms with Gasteiger partial charge < -0.3 is 10.2 Å². The van der Waals surface area contributed by atoms with Gasteiger partial charge >= 0.3 is 0 Å². The van der Waals surface area contributed by atoms with E-state index in [4.69, 9.17) is 0 Å². The second kappa shape index (κ2) is 10.9. The Bertz CT molecular complexity index is 410. The van der Waals surface area contributed by atoms with Crippen molar-refractivity contribution in [2.24, 2.45) is 4.99 Å². The van der Waals surface area contributed by atoms with Crippen molar-refractivity contribution in [1.82, 2.24) is 10.2 Å². The zero-order valence-electron chi connectivity index (χ0n) is 12.5. The lowest BCUT2D eigenvalue weighted by Crippen LogP contribution is -2.39. The summed E-state index contributed by atoms with van der Waals surface area (Å²) in [5.74, 6) is 0.664. The summed E-state index contributed by atoms with van der Waals surface area (Å²) in [6.07, 6.45) is 2.30. The van der Waals surface area contributed by atoms with E-state index < -0.39 is 0 Å². The molecule has 3 nitrogen and oxygen atoms in total. The fourth-order valence-corrected chi connectivity index (χ4v) is 1.77. The summed E-state index contributed by atoms with van der Waals surface area (Å²) < 4.78 is 13.1. The van der Waals surface area contributed by atoms with Crippen LogP contribution in [0.1, 0.15) is 32.3 Å². The molecule has 0 aromatic heterocycles. The second-order valence-corrected chi connectivity index (χ2v) is 4.58. The van der Waals surface area contributed by atoms with Crippen molar-refractivity contribution < 1.29 is 4.39 Å². The number of benzene rings is 1. The van der Waals surface area contributed by atoms with Crippen LogP contribution in [0.5, 0.6) is 0 Å². The average Bonchev–Trinajstić information content (AvgIpc) is 2.41. The predicted octanol–water partition coefficient (Wildman–Crippen LogP) is 3.64. The van der Waals surface area contributed by atoms with Crippen molar-refractivity contribution in [1.29, 1.82) is 0 Å². The number of nitrogens with zero attached hydrogens (tertiary/aromatic N) is 2. The monoisotopic (exact) mass is 393 g/mol. The highest BCUT2D eigenvalue weighted by atomic mass is 127. The Morgan fingerprint density at radius 2 is 2.10 bits per heavy atom. The van der Waals surface area contributed by atoms with Crippen LogP contribution in [0.2, 0.25) is 0 Å². The third-order valence-corrected chi connectivity index (χ3v) is 2.84. The first-order valence-corrected chi connectivity index (χ1v) is 6.91. The minimum absolute atomic E-state index is 0. The quantitative estimate of drug-likeness (QED) is 0.454. The summed E-state index contributed by atoms with van der Waals surface area (Å²) >= 11 is 0. The molecule has 0 saturated carbocycles. The minimum atomic E-state index is -0.211. The number of guanidine groups is 1. The van der Waals surface area contributed by atoms with Crippen LogP contribution in [0.25, 0.3) is 0 Å². The Kier molecular flexibility index (Phi) is 10.4. The van der Waals surface area contributed by atoms with Crippen molar-refractivity contribution in [2.45, 2.75) is 33.2 Å². The van der Waals surface area contributed by atoms with Gasteiger partial charge in [0.1, 0.15) is 5.82 Å². The zero-order valence-corrected chi connectivity index (χ0v) is 14.9. The maximum Gasteiger partial charge on any atom is 0.193 e.